The van der Waals surface area contributed by atoms with Gasteiger partial charge in [0.05, 0.1) is 24.2 Å². The summed E-state index contributed by atoms with van der Waals surface area (Å²) >= 11 is 1.69. The van der Waals surface area contributed by atoms with Gasteiger partial charge in [-0.15, -0.1) is 11.3 Å². The van der Waals surface area contributed by atoms with Crippen LogP contribution in [0.4, 0.5) is 0 Å². The van der Waals surface area contributed by atoms with Crippen LogP contribution >= 0.6 is 11.3 Å². The Balaban J connectivity index is 2.09. The van der Waals surface area contributed by atoms with Gasteiger partial charge in [-0.05, 0) is 47.3 Å². The number of carbonyl (C=O) groups excluding carboxylic acids is 1. The van der Waals surface area contributed by atoms with Crippen molar-refractivity contribution in [3.05, 3.63) is 69.9 Å². The fraction of sp³-hybridized carbons (Fsp3) is 0.105. The van der Waals surface area contributed by atoms with Crippen molar-refractivity contribution in [3.63, 3.8) is 0 Å². The zero-order chi connectivity index (χ0) is 16.7. The molecule has 5 heteroatoms. The minimum atomic E-state index is -0.449. The van der Waals surface area contributed by atoms with Gasteiger partial charge in [-0.25, -0.2) is 0 Å². The molecule has 0 aliphatic carbocycles. The molecule has 0 spiro atoms. The molecule has 3 N–H and O–H groups in total. The lowest BCUT2D eigenvalue weighted by molar-refractivity contribution is 0.100. The molecule has 2 aromatic carbocycles. The van der Waals surface area contributed by atoms with E-state index in [4.69, 9.17) is 5.73 Å². The summed E-state index contributed by atoms with van der Waals surface area (Å²) < 4.78 is 2.15. The van der Waals surface area contributed by atoms with E-state index in [1.807, 2.05) is 29.6 Å². The van der Waals surface area contributed by atoms with Crippen molar-refractivity contribution in [3.8, 4) is 0 Å². The zero-order valence-corrected chi connectivity index (χ0v) is 13.6. The number of aliphatic hydroxyl groups is 1. The maximum Gasteiger partial charge on any atom is 0.249 e. The molecule has 119 valence electrons. The average molecular weight is 335 g/mol. The number of hydrogen-bond donors (Lipinski definition) is 2. The third-order valence-corrected chi connectivity index (χ3v) is 5.06. The van der Waals surface area contributed by atoms with Gasteiger partial charge in [0.15, 0.2) is 0 Å². The summed E-state index contributed by atoms with van der Waals surface area (Å²) in [7, 11) is 0. The Morgan fingerprint density at radius 3 is 2.83 bits per heavy atom. The van der Waals surface area contributed by atoms with Gasteiger partial charge >= 0.3 is 0 Å². The van der Waals surface area contributed by atoms with Crippen LogP contribution in [-0.4, -0.2) is 15.6 Å². The predicted octanol–water partition coefficient (Wildman–Crippen LogP) is 3.30. The number of fused-ring (bicyclic) bond motifs is 3. The molecule has 0 fully saturated rings. The number of carbonyl (C=O) groups is 1. The van der Waals surface area contributed by atoms with Crippen LogP contribution in [0.2, 0.25) is 0 Å². The number of nitrogens with two attached hydrogens (primary N) is 1. The summed E-state index contributed by atoms with van der Waals surface area (Å²) in [5.74, 6) is -0.449. The van der Waals surface area contributed by atoms with Gasteiger partial charge in [0.2, 0.25) is 5.91 Å². The monoisotopic (exact) mass is 335 g/mol. The van der Waals surface area contributed by atoms with Gasteiger partial charge in [0, 0.05) is 21.2 Å². The lowest BCUT2D eigenvalue weighted by Gasteiger charge is -2.07. The highest BCUT2D eigenvalue weighted by molar-refractivity contribution is 7.09. The predicted molar refractivity (Wildman–Crippen MR) is 96.1 cm³/mol. The molecule has 0 atom stereocenters. The third kappa shape index (κ3) is 2.29. The van der Waals surface area contributed by atoms with Crippen molar-refractivity contribution < 1.29 is 9.90 Å². The van der Waals surface area contributed by atoms with Gasteiger partial charge in [0.25, 0.3) is 0 Å². The fourth-order valence-corrected chi connectivity index (χ4v) is 3.82. The van der Waals surface area contributed by atoms with Crippen LogP contribution in [0, 0.1) is 6.07 Å². The van der Waals surface area contributed by atoms with E-state index in [-0.39, 0.29) is 6.61 Å². The number of aliphatic hydroxyl groups excluding tert-OH is 1. The highest BCUT2D eigenvalue weighted by Gasteiger charge is 2.17. The number of benzene rings is 2. The first kappa shape index (κ1) is 14.9. The van der Waals surface area contributed by atoms with Crippen LogP contribution in [-0.2, 0) is 13.2 Å². The molecule has 4 nitrogen and oxygen atoms in total. The van der Waals surface area contributed by atoms with E-state index in [2.05, 4.69) is 16.7 Å². The lowest BCUT2D eigenvalue weighted by atomic mass is 10.0. The first-order valence-electron chi connectivity index (χ1n) is 7.57. The van der Waals surface area contributed by atoms with Gasteiger partial charge < -0.3 is 15.4 Å². The van der Waals surface area contributed by atoms with Crippen LogP contribution in [0.25, 0.3) is 21.8 Å². The van der Waals surface area contributed by atoms with E-state index in [1.54, 1.807) is 23.5 Å². The third-order valence-electron chi connectivity index (χ3n) is 4.20. The molecule has 0 saturated heterocycles. The van der Waals surface area contributed by atoms with Crippen molar-refractivity contribution >= 4 is 39.0 Å². The Bertz CT molecular complexity index is 1050. The second-order valence-corrected chi connectivity index (χ2v) is 6.69. The maximum atomic E-state index is 11.9. The van der Waals surface area contributed by atoms with E-state index < -0.39 is 5.91 Å². The maximum absolute atomic E-state index is 11.9. The summed E-state index contributed by atoms with van der Waals surface area (Å²) in [4.78, 5) is 13.1. The molecule has 24 heavy (non-hydrogen) atoms. The number of amides is 1. The first-order chi connectivity index (χ1) is 11.7. The van der Waals surface area contributed by atoms with Crippen LogP contribution in [0.5, 0.6) is 0 Å². The molecule has 2 heterocycles. The quantitative estimate of drug-likeness (QED) is 0.601. The van der Waals surface area contributed by atoms with Crippen molar-refractivity contribution in [1.29, 1.82) is 0 Å². The fourth-order valence-electron chi connectivity index (χ4n) is 3.12. The summed E-state index contributed by atoms with van der Waals surface area (Å²) in [5.41, 5.74) is 8.75. The largest absolute Gasteiger partial charge is 0.392 e. The average Bonchev–Trinajstić information content (AvgIpc) is 3.21. The van der Waals surface area contributed by atoms with E-state index in [0.717, 1.165) is 27.4 Å². The zero-order valence-electron chi connectivity index (χ0n) is 12.8. The Morgan fingerprint density at radius 2 is 2.12 bits per heavy atom. The number of nitrogens with zero attached hydrogens (tertiary/aromatic N) is 1. The van der Waals surface area contributed by atoms with Gasteiger partial charge in [-0.2, -0.15) is 0 Å². The molecule has 0 saturated carbocycles. The molecule has 0 bridgehead atoms. The Morgan fingerprint density at radius 1 is 1.25 bits per heavy atom. The SMILES string of the molecule is NC(=O)c1cccc2c1c1[c]cc(CO)cc1n2Cc1cccs1. The van der Waals surface area contributed by atoms with Gasteiger partial charge in [-0.1, -0.05) is 12.1 Å². The lowest BCUT2D eigenvalue weighted by Crippen LogP contribution is -2.11. The number of hydrogen-bond acceptors (Lipinski definition) is 3. The molecule has 2 aromatic heterocycles. The smallest absolute Gasteiger partial charge is 0.249 e. The molecule has 4 aromatic rings. The number of thiophene rings is 1. The topological polar surface area (TPSA) is 68.2 Å². The summed E-state index contributed by atoms with van der Waals surface area (Å²) in [6.45, 7) is 0.651. The van der Waals surface area contributed by atoms with Crippen LogP contribution in [0.15, 0.2) is 47.8 Å². The second-order valence-electron chi connectivity index (χ2n) is 5.66. The Kier molecular flexibility index (Phi) is 3.59. The second kappa shape index (κ2) is 5.78. The highest BCUT2D eigenvalue weighted by atomic mass is 32.1. The molecule has 4 rings (SSSR count). The number of rotatable bonds is 4. The van der Waals surface area contributed by atoms with E-state index in [0.29, 0.717) is 12.1 Å². The van der Waals surface area contributed by atoms with E-state index in [1.165, 1.54) is 4.88 Å². The van der Waals surface area contributed by atoms with Gasteiger partial charge in [-0.3, -0.25) is 4.79 Å². The Hall–Kier alpha value is -2.63. The molecular weight excluding hydrogens is 320 g/mol. The molecule has 1 amide bonds. The normalized spacial score (nSPS) is 11.4. The van der Waals surface area contributed by atoms with Crippen LogP contribution in [0.1, 0.15) is 20.8 Å². The minimum absolute atomic E-state index is 0.0460. The standard InChI is InChI=1S/C19H15N2O2S/c20-19(23)15-4-1-5-16-18(15)14-7-6-12(11-22)9-17(14)21(16)10-13-3-2-8-24-13/h1-6,8-9,22H,10-11H2,(H2,20,23). The summed E-state index contributed by atoms with van der Waals surface area (Å²) in [6.07, 6.45) is 0. The van der Waals surface area contributed by atoms with Crippen LogP contribution in [0.3, 0.4) is 0 Å². The highest BCUT2D eigenvalue weighted by Crippen LogP contribution is 2.33. The van der Waals surface area contributed by atoms with Crippen molar-refractivity contribution in [2.24, 2.45) is 5.73 Å². The van der Waals surface area contributed by atoms with Gasteiger partial charge in [0.1, 0.15) is 0 Å². The minimum Gasteiger partial charge on any atom is -0.392 e. The van der Waals surface area contributed by atoms with Crippen LogP contribution < -0.4 is 5.73 Å². The Labute approximate surface area is 142 Å². The van der Waals surface area contributed by atoms with Crippen molar-refractivity contribution in [2.45, 2.75) is 13.2 Å². The molecule has 1 radical (unpaired) electrons. The first-order valence-corrected chi connectivity index (χ1v) is 8.45. The van der Waals surface area contributed by atoms with Crippen molar-refractivity contribution in [2.75, 3.05) is 0 Å². The van der Waals surface area contributed by atoms with E-state index in [9.17, 15) is 9.90 Å². The number of aromatic nitrogens is 1. The molecular formula is C19H15N2O2S. The molecule has 0 aliphatic rings. The van der Waals surface area contributed by atoms with Crippen molar-refractivity contribution in [1.82, 2.24) is 4.57 Å². The summed E-state index contributed by atoms with van der Waals surface area (Å²) in [6, 6.07) is 16.6. The summed E-state index contributed by atoms with van der Waals surface area (Å²) in [5, 5.41) is 13.2. The van der Waals surface area contributed by atoms with E-state index >= 15 is 0 Å². The number of primary amides is 1. The molecule has 0 unspecified atom stereocenters. The molecule has 0 aliphatic heterocycles.